The highest BCUT2D eigenvalue weighted by Crippen LogP contribution is 2.35. The minimum atomic E-state index is -0.993. The molecule has 0 N–H and O–H groups in total. The van der Waals surface area contributed by atoms with E-state index in [4.69, 9.17) is 4.74 Å². The van der Waals surface area contributed by atoms with E-state index in [1.165, 1.54) is 6.92 Å². The lowest BCUT2D eigenvalue weighted by Gasteiger charge is -2.19. The lowest BCUT2D eigenvalue weighted by atomic mass is 10.1. The van der Waals surface area contributed by atoms with E-state index in [-0.39, 0.29) is 11.5 Å². The number of ether oxygens (including phenoxy) is 1. The van der Waals surface area contributed by atoms with Gasteiger partial charge in [-0.2, -0.15) is 5.26 Å². The number of fused-ring (bicyclic) bond motifs is 1. The standard InChI is InChI=1S/C25H21N3O4S/c1-3-32-24(30)16(2)28-23(29)22(33-25(28)31)12-19-15-27(21-11-7-6-10-20(19)21)14-18-9-5-4-8-17(18)13-26/h4-12,15-16H,3,14H2,1-2H3. The molecule has 0 saturated carbocycles. The highest BCUT2D eigenvalue weighted by atomic mass is 32.2. The number of aromatic nitrogens is 1. The Balaban J connectivity index is 1.70. The maximum absolute atomic E-state index is 13.0. The third-order valence-electron chi connectivity index (χ3n) is 5.42. The van der Waals surface area contributed by atoms with Crippen molar-refractivity contribution in [1.29, 1.82) is 5.26 Å². The number of esters is 1. The molecule has 166 valence electrons. The van der Waals surface area contributed by atoms with Crippen LogP contribution in [0.5, 0.6) is 0 Å². The van der Waals surface area contributed by atoms with Gasteiger partial charge in [0.25, 0.3) is 11.1 Å². The predicted molar refractivity (Wildman–Crippen MR) is 126 cm³/mol. The normalized spacial score (nSPS) is 15.8. The summed E-state index contributed by atoms with van der Waals surface area (Å²) in [6.45, 7) is 3.81. The van der Waals surface area contributed by atoms with E-state index in [1.54, 1.807) is 19.1 Å². The monoisotopic (exact) mass is 459 g/mol. The zero-order chi connectivity index (χ0) is 23.5. The van der Waals surface area contributed by atoms with Gasteiger partial charge in [0.05, 0.1) is 23.1 Å². The number of amides is 2. The van der Waals surface area contributed by atoms with Crippen LogP contribution in [-0.2, 0) is 20.9 Å². The van der Waals surface area contributed by atoms with Crippen molar-refractivity contribution < 1.29 is 19.1 Å². The van der Waals surface area contributed by atoms with Crippen LogP contribution in [0, 0.1) is 11.3 Å². The second kappa shape index (κ2) is 9.35. The van der Waals surface area contributed by atoms with E-state index in [1.807, 2.05) is 53.2 Å². The summed E-state index contributed by atoms with van der Waals surface area (Å²) in [5, 5.41) is 9.84. The van der Waals surface area contributed by atoms with Gasteiger partial charge in [0, 0.05) is 29.2 Å². The van der Waals surface area contributed by atoms with E-state index in [2.05, 4.69) is 6.07 Å². The van der Waals surface area contributed by atoms with Gasteiger partial charge in [-0.15, -0.1) is 0 Å². The highest BCUT2D eigenvalue weighted by Gasteiger charge is 2.41. The van der Waals surface area contributed by atoms with Crippen molar-refractivity contribution in [3.05, 3.63) is 76.3 Å². The number of nitriles is 1. The summed E-state index contributed by atoms with van der Waals surface area (Å²) in [7, 11) is 0. The zero-order valence-corrected chi connectivity index (χ0v) is 19.0. The molecule has 4 rings (SSSR count). The Bertz CT molecular complexity index is 1330. The van der Waals surface area contributed by atoms with Crippen molar-refractivity contribution in [2.24, 2.45) is 0 Å². The lowest BCUT2D eigenvalue weighted by Crippen LogP contribution is -2.42. The van der Waals surface area contributed by atoms with Crippen molar-refractivity contribution in [2.45, 2.75) is 26.4 Å². The molecule has 0 bridgehead atoms. The van der Waals surface area contributed by atoms with Crippen molar-refractivity contribution in [3.8, 4) is 6.07 Å². The fraction of sp³-hybridized carbons (Fsp3) is 0.200. The van der Waals surface area contributed by atoms with Crippen LogP contribution in [0.1, 0.15) is 30.5 Å². The van der Waals surface area contributed by atoms with Crippen LogP contribution in [0.4, 0.5) is 4.79 Å². The molecule has 1 unspecified atom stereocenters. The van der Waals surface area contributed by atoms with Gasteiger partial charge < -0.3 is 9.30 Å². The number of hydrogen-bond acceptors (Lipinski definition) is 6. The van der Waals surface area contributed by atoms with Crippen LogP contribution in [0.25, 0.3) is 17.0 Å². The van der Waals surface area contributed by atoms with Crippen LogP contribution in [0.3, 0.4) is 0 Å². The van der Waals surface area contributed by atoms with E-state index < -0.39 is 23.2 Å². The first-order chi connectivity index (χ1) is 15.9. The summed E-state index contributed by atoms with van der Waals surface area (Å²) in [5.41, 5.74) is 3.20. The number of benzene rings is 2. The van der Waals surface area contributed by atoms with Crippen molar-refractivity contribution >= 4 is 45.9 Å². The second-order valence-corrected chi connectivity index (χ2v) is 8.47. The van der Waals surface area contributed by atoms with Gasteiger partial charge in [0.15, 0.2) is 0 Å². The number of thioether (sulfide) groups is 1. The largest absolute Gasteiger partial charge is 0.464 e. The fourth-order valence-corrected chi connectivity index (χ4v) is 4.69. The van der Waals surface area contributed by atoms with Crippen molar-refractivity contribution in [2.75, 3.05) is 6.61 Å². The summed E-state index contributed by atoms with van der Waals surface area (Å²) in [5.74, 6) is -1.13. The number of nitrogens with zero attached hydrogens (tertiary/aromatic N) is 3. The number of imide groups is 1. The number of carbonyl (C=O) groups is 3. The van der Waals surface area contributed by atoms with E-state index in [0.29, 0.717) is 12.1 Å². The minimum Gasteiger partial charge on any atom is -0.464 e. The Hall–Kier alpha value is -3.83. The molecule has 1 aromatic heterocycles. The number of para-hydroxylation sites is 1. The molecular weight excluding hydrogens is 438 g/mol. The quantitative estimate of drug-likeness (QED) is 0.397. The summed E-state index contributed by atoms with van der Waals surface area (Å²) >= 11 is 0.807. The van der Waals surface area contributed by atoms with Crippen LogP contribution >= 0.6 is 11.8 Å². The maximum Gasteiger partial charge on any atom is 0.329 e. The molecule has 1 atom stereocenters. The molecule has 1 saturated heterocycles. The molecule has 1 fully saturated rings. The van der Waals surface area contributed by atoms with Crippen LogP contribution in [0.15, 0.2) is 59.6 Å². The SMILES string of the molecule is CCOC(=O)C(C)N1C(=O)SC(=Cc2cn(Cc3ccccc3C#N)c3ccccc23)C1=O. The van der Waals surface area contributed by atoms with Crippen LogP contribution in [0.2, 0.25) is 0 Å². The zero-order valence-electron chi connectivity index (χ0n) is 18.1. The molecule has 8 heteroatoms. The Morgan fingerprint density at radius 2 is 1.91 bits per heavy atom. The number of hydrogen-bond donors (Lipinski definition) is 0. The van der Waals surface area contributed by atoms with Gasteiger partial charge in [0.1, 0.15) is 6.04 Å². The highest BCUT2D eigenvalue weighted by molar-refractivity contribution is 8.18. The topological polar surface area (TPSA) is 92.4 Å². The molecule has 0 aliphatic carbocycles. The van der Waals surface area contributed by atoms with Gasteiger partial charge >= 0.3 is 5.97 Å². The number of rotatable bonds is 6. The molecular formula is C25H21N3O4S. The second-order valence-electron chi connectivity index (χ2n) is 7.48. The summed E-state index contributed by atoms with van der Waals surface area (Å²) in [4.78, 5) is 38.7. The first kappa shape index (κ1) is 22.4. The summed E-state index contributed by atoms with van der Waals surface area (Å²) in [6, 6.07) is 16.4. The van der Waals surface area contributed by atoms with Crippen molar-refractivity contribution in [3.63, 3.8) is 0 Å². The van der Waals surface area contributed by atoms with E-state index in [0.717, 1.165) is 38.7 Å². The van der Waals surface area contributed by atoms with Crippen LogP contribution in [-0.4, -0.2) is 39.2 Å². The third-order valence-corrected chi connectivity index (χ3v) is 6.31. The van der Waals surface area contributed by atoms with Crippen LogP contribution < -0.4 is 0 Å². The molecule has 7 nitrogen and oxygen atoms in total. The average Bonchev–Trinajstić information content (AvgIpc) is 3.30. The number of carbonyl (C=O) groups excluding carboxylic acids is 3. The average molecular weight is 460 g/mol. The fourth-order valence-electron chi connectivity index (χ4n) is 3.80. The van der Waals surface area contributed by atoms with Gasteiger partial charge in [-0.05, 0) is 49.4 Å². The molecule has 33 heavy (non-hydrogen) atoms. The van der Waals surface area contributed by atoms with Crippen molar-refractivity contribution in [1.82, 2.24) is 9.47 Å². The summed E-state index contributed by atoms with van der Waals surface area (Å²) in [6.07, 6.45) is 3.58. The molecule has 2 aromatic carbocycles. The smallest absolute Gasteiger partial charge is 0.329 e. The lowest BCUT2D eigenvalue weighted by molar-refractivity contribution is -0.150. The Morgan fingerprint density at radius 1 is 1.18 bits per heavy atom. The van der Waals surface area contributed by atoms with Gasteiger partial charge in [-0.3, -0.25) is 14.5 Å². The summed E-state index contributed by atoms with van der Waals surface area (Å²) < 4.78 is 6.98. The van der Waals surface area contributed by atoms with Gasteiger partial charge in [-0.25, -0.2) is 4.79 Å². The Morgan fingerprint density at radius 3 is 2.67 bits per heavy atom. The molecule has 1 aliphatic rings. The molecule has 3 aromatic rings. The Kier molecular flexibility index (Phi) is 6.33. The maximum atomic E-state index is 13.0. The van der Waals surface area contributed by atoms with E-state index >= 15 is 0 Å². The first-order valence-corrected chi connectivity index (χ1v) is 11.3. The first-order valence-electron chi connectivity index (χ1n) is 10.4. The molecule has 2 heterocycles. The van der Waals surface area contributed by atoms with Gasteiger partial charge in [0.2, 0.25) is 0 Å². The Labute approximate surface area is 195 Å². The van der Waals surface area contributed by atoms with E-state index in [9.17, 15) is 19.6 Å². The predicted octanol–water partition coefficient (Wildman–Crippen LogP) is 4.55. The third kappa shape index (κ3) is 4.28. The molecule has 1 aliphatic heterocycles. The van der Waals surface area contributed by atoms with Gasteiger partial charge in [-0.1, -0.05) is 36.4 Å². The minimum absolute atomic E-state index is 0.170. The molecule has 0 radical (unpaired) electrons. The molecule has 2 amide bonds. The molecule has 0 spiro atoms.